The molecule has 3 unspecified atom stereocenters. The summed E-state index contributed by atoms with van der Waals surface area (Å²) < 4.78 is 5.53. The van der Waals surface area contributed by atoms with Gasteiger partial charge in [-0.15, -0.1) is 0 Å². The van der Waals surface area contributed by atoms with E-state index in [1.165, 1.54) is 0 Å². The maximum absolute atomic E-state index is 10.2. The summed E-state index contributed by atoms with van der Waals surface area (Å²) in [7, 11) is 4.02. The van der Waals surface area contributed by atoms with Crippen LogP contribution in [0.1, 0.15) is 26.7 Å². The molecule has 0 aromatic carbocycles. The molecule has 0 amide bonds. The molecule has 1 fully saturated rings. The van der Waals surface area contributed by atoms with Crippen molar-refractivity contribution in [3.8, 4) is 0 Å². The number of hydrogen-bond acceptors (Lipinski definition) is 3. The van der Waals surface area contributed by atoms with E-state index in [1.54, 1.807) is 0 Å². The zero-order chi connectivity index (χ0) is 10.1. The number of likely N-dealkylation sites (N-methyl/N-ethyl adjacent to an activating group) is 1. The number of hydrogen-bond donors (Lipinski definition) is 1. The first-order valence-electron chi connectivity index (χ1n) is 4.94. The highest BCUT2D eigenvalue weighted by Crippen LogP contribution is 2.26. The quantitative estimate of drug-likeness (QED) is 0.661. The molecule has 78 valence electrons. The minimum absolute atomic E-state index is 0.199. The number of ether oxygens (including phenoxy) is 1. The average Bonchev–Trinajstić information content (AvgIpc) is 2.10. The maximum atomic E-state index is 10.2. The fourth-order valence-electron chi connectivity index (χ4n) is 2.04. The van der Waals surface area contributed by atoms with Crippen molar-refractivity contribution in [3.63, 3.8) is 0 Å². The molecule has 0 spiro atoms. The smallest absolute Gasteiger partial charge is 0.0796 e. The summed E-state index contributed by atoms with van der Waals surface area (Å²) in [4.78, 5) is 2.09. The molecule has 0 aromatic rings. The van der Waals surface area contributed by atoms with Crippen molar-refractivity contribution in [1.29, 1.82) is 0 Å². The average molecular weight is 187 g/mol. The summed E-state index contributed by atoms with van der Waals surface area (Å²) in [6.45, 7) is 4.63. The van der Waals surface area contributed by atoms with Crippen LogP contribution in [0.25, 0.3) is 0 Å². The predicted octanol–water partition coefficient (Wildman–Crippen LogP) is 0.866. The minimum atomic E-state index is -0.617. The highest BCUT2D eigenvalue weighted by molar-refractivity contribution is 4.90. The summed E-state index contributed by atoms with van der Waals surface area (Å²) in [5.41, 5.74) is -0.617. The summed E-state index contributed by atoms with van der Waals surface area (Å²) >= 11 is 0. The lowest BCUT2D eigenvalue weighted by Crippen LogP contribution is -2.48. The molecule has 3 heteroatoms. The van der Waals surface area contributed by atoms with E-state index >= 15 is 0 Å². The molecule has 13 heavy (non-hydrogen) atoms. The predicted molar refractivity (Wildman–Crippen MR) is 52.7 cm³/mol. The first-order valence-corrected chi connectivity index (χ1v) is 4.94. The van der Waals surface area contributed by atoms with E-state index < -0.39 is 5.60 Å². The SMILES string of the molecule is CC1CC(N(C)C)C(C)(O)CCO1. The second-order valence-electron chi connectivity index (χ2n) is 4.50. The maximum Gasteiger partial charge on any atom is 0.0796 e. The highest BCUT2D eigenvalue weighted by atomic mass is 16.5. The van der Waals surface area contributed by atoms with Gasteiger partial charge in [0.15, 0.2) is 0 Å². The fourth-order valence-corrected chi connectivity index (χ4v) is 2.04. The minimum Gasteiger partial charge on any atom is -0.388 e. The van der Waals surface area contributed by atoms with Crippen molar-refractivity contribution < 1.29 is 9.84 Å². The molecule has 1 rings (SSSR count). The van der Waals surface area contributed by atoms with Crippen molar-refractivity contribution in [2.75, 3.05) is 20.7 Å². The van der Waals surface area contributed by atoms with Crippen LogP contribution < -0.4 is 0 Å². The van der Waals surface area contributed by atoms with Crippen LogP contribution in [0.15, 0.2) is 0 Å². The molecule has 3 atom stereocenters. The Kier molecular flexibility index (Phi) is 3.33. The normalized spacial score (nSPS) is 42.0. The topological polar surface area (TPSA) is 32.7 Å². The van der Waals surface area contributed by atoms with Gasteiger partial charge in [-0.3, -0.25) is 0 Å². The number of rotatable bonds is 1. The van der Waals surface area contributed by atoms with Gasteiger partial charge in [0.1, 0.15) is 0 Å². The van der Waals surface area contributed by atoms with Gasteiger partial charge in [-0.05, 0) is 34.4 Å². The van der Waals surface area contributed by atoms with Crippen LogP contribution in [0, 0.1) is 0 Å². The molecule has 0 radical (unpaired) electrons. The van der Waals surface area contributed by atoms with E-state index in [0.29, 0.717) is 6.61 Å². The molecule has 1 N–H and O–H groups in total. The van der Waals surface area contributed by atoms with Crippen molar-refractivity contribution in [1.82, 2.24) is 4.90 Å². The monoisotopic (exact) mass is 187 g/mol. The summed E-state index contributed by atoms with van der Waals surface area (Å²) in [5.74, 6) is 0. The van der Waals surface area contributed by atoms with Crippen molar-refractivity contribution >= 4 is 0 Å². The number of aliphatic hydroxyl groups is 1. The van der Waals surface area contributed by atoms with E-state index in [-0.39, 0.29) is 12.1 Å². The molecule has 1 heterocycles. The van der Waals surface area contributed by atoms with Crippen LogP contribution in [0.5, 0.6) is 0 Å². The Balaban J connectivity index is 2.72. The van der Waals surface area contributed by atoms with E-state index in [0.717, 1.165) is 12.8 Å². The van der Waals surface area contributed by atoms with E-state index in [1.807, 2.05) is 21.0 Å². The van der Waals surface area contributed by atoms with Gasteiger partial charge in [0.25, 0.3) is 0 Å². The molecule has 0 aliphatic carbocycles. The zero-order valence-corrected chi connectivity index (χ0v) is 9.08. The molecular formula is C10H21NO2. The van der Waals surface area contributed by atoms with Gasteiger partial charge in [-0.25, -0.2) is 0 Å². The Morgan fingerprint density at radius 1 is 1.46 bits per heavy atom. The van der Waals surface area contributed by atoms with Gasteiger partial charge >= 0.3 is 0 Å². The van der Waals surface area contributed by atoms with E-state index in [9.17, 15) is 5.11 Å². The lowest BCUT2D eigenvalue weighted by Gasteiger charge is -2.36. The van der Waals surface area contributed by atoms with E-state index in [4.69, 9.17) is 4.74 Å². The summed E-state index contributed by atoms with van der Waals surface area (Å²) in [6, 6.07) is 0.199. The number of nitrogens with zero attached hydrogens (tertiary/aromatic N) is 1. The Morgan fingerprint density at radius 3 is 2.62 bits per heavy atom. The van der Waals surface area contributed by atoms with Gasteiger partial charge in [-0.2, -0.15) is 0 Å². The van der Waals surface area contributed by atoms with Gasteiger partial charge in [-0.1, -0.05) is 0 Å². The Bertz CT molecular complexity index is 168. The first kappa shape index (κ1) is 11.0. The lowest BCUT2D eigenvalue weighted by molar-refractivity contribution is -0.0219. The van der Waals surface area contributed by atoms with Crippen molar-refractivity contribution in [2.24, 2.45) is 0 Å². The molecule has 1 aliphatic heterocycles. The van der Waals surface area contributed by atoms with Crippen LogP contribution in [0.4, 0.5) is 0 Å². The van der Waals surface area contributed by atoms with Gasteiger partial charge in [0.2, 0.25) is 0 Å². The molecule has 3 nitrogen and oxygen atoms in total. The Labute approximate surface area is 80.7 Å². The second-order valence-corrected chi connectivity index (χ2v) is 4.50. The largest absolute Gasteiger partial charge is 0.388 e. The highest BCUT2D eigenvalue weighted by Gasteiger charge is 2.36. The third kappa shape index (κ3) is 2.66. The molecule has 1 aliphatic rings. The standard InChI is InChI=1S/C10H21NO2/c1-8-7-9(11(3)4)10(2,12)5-6-13-8/h8-9,12H,5-7H2,1-4H3. The molecule has 1 saturated heterocycles. The fraction of sp³-hybridized carbons (Fsp3) is 1.00. The van der Waals surface area contributed by atoms with Gasteiger partial charge in [0, 0.05) is 19.1 Å². The molecule has 0 aromatic heterocycles. The zero-order valence-electron chi connectivity index (χ0n) is 9.08. The lowest BCUT2D eigenvalue weighted by atomic mass is 9.89. The van der Waals surface area contributed by atoms with Crippen LogP contribution in [-0.2, 0) is 4.74 Å². The molecule has 0 bridgehead atoms. The third-order valence-electron chi connectivity index (χ3n) is 2.91. The van der Waals surface area contributed by atoms with Crippen LogP contribution >= 0.6 is 0 Å². The van der Waals surface area contributed by atoms with Crippen molar-refractivity contribution in [2.45, 2.75) is 44.4 Å². The Morgan fingerprint density at radius 2 is 2.08 bits per heavy atom. The van der Waals surface area contributed by atoms with Crippen LogP contribution in [0.2, 0.25) is 0 Å². The van der Waals surface area contributed by atoms with Crippen molar-refractivity contribution in [3.05, 3.63) is 0 Å². The first-order chi connectivity index (χ1) is 5.93. The van der Waals surface area contributed by atoms with Gasteiger partial charge in [0.05, 0.1) is 11.7 Å². The summed E-state index contributed by atoms with van der Waals surface area (Å²) in [6.07, 6.45) is 1.88. The second kappa shape index (κ2) is 3.95. The molecular weight excluding hydrogens is 166 g/mol. The van der Waals surface area contributed by atoms with E-state index in [2.05, 4.69) is 11.8 Å². The molecule has 0 saturated carbocycles. The summed E-state index contributed by atoms with van der Waals surface area (Å²) in [5, 5.41) is 10.2. The van der Waals surface area contributed by atoms with Crippen LogP contribution in [0.3, 0.4) is 0 Å². The Hall–Kier alpha value is -0.120. The third-order valence-corrected chi connectivity index (χ3v) is 2.91. The van der Waals surface area contributed by atoms with Crippen LogP contribution in [-0.4, -0.2) is 48.5 Å². The van der Waals surface area contributed by atoms with Gasteiger partial charge < -0.3 is 14.7 Å².